The standard InChI is InChI=1S/C26H23NO4S/c28-24(13-10-18-6-2-1-3-7-18)27-14-15-32-25-21-9-5-4-8-20(21)17-31-23-12-11-19(26(29)30)16-22(23)25/h1-13,16,25H,14-15,17H2,(H,27,28)(H,29,30). The molecule has 0 aromatic heterocycles. The van der Waals surface area contributed by atoms with Crippen molar-refractivity contribution in [1.82, 2.24) is 5.32 Å². The van der Waals surface area contributed by atoms with Crippen LogP contribution in [0.15, 0.2) is 78.9 Å². The summed E-state index contributed by atoms with van der Waals surface area (Å²) in [6.07, 6.45) is 3.31. The van der Waals surface area contributed by atoms with Crippen LogP contribution in [0.25, 0.3) is 6.08 Å². The van der Waals surface area contributed by atoms with Gasteiger partial charge in [-0.1, -0.05) is 54.6 Å². The number of thioether (sulfide) groups is 1. The van der Waals surface area contributed by atoms with Gasteiger partial charge in [0.1, 0.15) is 12.4 Å². The maximum absolute atomic E-state index is 12.1. The number of hydrogen-bond acceptors (Lipinski definition) is 4. The molecule has 4 rings (SSSR count). The molecule has 3 aromatic rings. The average Bonchev–Trinajstić information content (AvgIpc) is 2.97. The molecular formula is C26H23NO4S. The first-order chi connectivity index (χ1) is 15.6. The molecule has 0 spiro atoms. The highest BCUT2D eigenvalue weighted by atomic mass is 32.2. The summed E-state index contributed by atoms with van der Waals surface area (Å²) < 4.78 is 5.97. The van der Waals surface area contributed by atoms with Gasteiger partial charge in [0.05, 0.1) is 10.8 Å². The highest BCUT2D eigenvalue weighted by Crippen LogP contribution is 2.44. The molecule has 0 saturated carbocycles. The minimum absolute atomic E-state index is 0.0836. The van der Waals surface area contributed by atoms with Gasteiger partial charge in [-0.15, -0.1) is 11.8 Å². The lowest BCUT2D eigenvalue weighted by Gasteiger charge is -2.19. The van der Waals surface area contributed by atoms with E-state index >= 15 is 0 Å². The first-order valence-corrected chi connectivity index (χ1v) is 11.4. The van der Waals surface area contributed by atoms with Crippen molar-refractivity contribution < 1.29 is 19.4 Å². The number of carboxylic acids is 1. The molecule has 0 fully saturated rings. The number of rotatable bonds is 7. The van der Waals surface area contributed by atoms with Crippen LogP contribution in [0.4, 0.5) is 0 Å². The van der Waals surface area contributed by atoms with Crippen LogP contribution < -0.4 is 10.1 Å². The van der Waals surface area contributed by atoms with Gasteiger partial charge in [0.25, 0.3) is 0 Å². The Bertz CT molecular complexity index is 1140. The summed E-state index contributed by atoms with van der Waals surface area (Å²) in [6, 6.07) is 22.7. The van der Waals surface area contributed by atoms with Crippen molar-refractivity contribution in [3.63, 3.8) is 0 Å². The van der Waals surface area contributed by atoms with Crippen LogP contribution in [-0.4, -0.2) is 29.3 Å². The summed E-state index contributed by atoms with van der Waals surface area (Å²) in [5.74, 6) is 0.249. The van der Waals surface area contributed by atoms with E-state index in [9.17, 15) is 14.7 Å². The van der Waals surface area contributed by atoms with Gasteiger partial charge in [0.15, 0.2) is 0 Å². The number of hydrogen-bond donors (Lipinski definition) is 2. The Balaban J connectivity index is 1.45. The summed E-state index contributed by atoms with van der Waals surface area (Å²) in [7, 11) is 0. The zero-order chi connectivity index (χ0) is 22.3. The van der Waals surface area contributed by atoms with E-state index in [4.69, 9.17) is 4.74 Å². The summed E-state index contributed by atoms with van der Waals surface area (Å²) in [6.45, 7) is 0.934. The van der Waals surface area contributed by atoms with E-state index < -0.39 is 5.97 Å². The van der Waals surface area contributed by atoms with E-state index in [0.29, 0.717) is 24.7 Å². The summed E-state index contributed by atoms with van der Waals surface area (Å²) >= 11 is 1.66. The lowest BCUT2D eigenvalue weighted by atomic mass is 9.98. The molecule has 1 unspecified atom stereocenters. The second kappa shape index (κ2) is 10.2. The molecule has 162 valence electrons. The number of carboxylic acid groups (broad SMARTS) is 1. The van der Waals surface area contributed by atoms with Crippen molar-refractivity contribution >= 4 is 29.7 Å². The Kier molecular flexibility index (Phi) is 6.92. The van der Waals surface area contributed by atoms with Gasteiger partial charge in [-0.05, 0) is 41.0 Å². The van der Waals surface area contributed by atoms with Crippen molar-refractivity contribution in [1.29, 1.82) is 0 Å². The zero-order valence-electron chi connectivity index (χ0n) is 17.4. The largest absolute Gasteiger partial charge is 0.489 e. The van der Waals surface area contributed by atoms with Crippen LogP contribution in [0.5, 0.6) is 5.75 Å². The molecule has 6 heteroatoms. The molecule has 5 nitrogen and oxygen atoms in total. The van der Waals surface area contributed by atoms with Crippen molar-refractivity contribution in [3.05, 3.63) is 107 Å². The third kappa shape index (κ3) is 5.21. The van der Waals surface area contributed by atoms with Crippen LogP contribution in [0.2, 0.25) is 0 Å². The van der Waals surface area contributed by atoms with Gasteiger partial charge in [0, 0.05) is 23.9 Å². The highest BCUT2D eigenvalue weighted by molar-refractivity contribution is 7.99. The molecule has 1 amide bonds. The lowest BCUT2D eigenvalue weighted by Crippen LogP contribution is -2.23. The first-order valence-electron chi connectivity index (χ1n) is 10.3. The van der Waals surface area contributed by atoms with Gasteiger partial charge in [-0.3, -0.25) is 4.79 Å². The van der Waals surface area contributed by atoms with E-state index in [1.54, 1.807) is 36.0 Å². The Morgan fingerprint density at radius 2 is 1.81 bits per heavy atom. The maximum Gasteiger partial charge on any atom is 0.335 e. The minimum Gasteiger partial charge on any atom is -0.489 e. The molecule has 32 heavy (non-hydrogen) atoms. The van der Waals surface area contributed by atoms with E-state index in [0.717, 1.165) is 22.3 Å². The molecule has 0 bridgehead atoms. The van der Waals surface area contributed by atoms with Gasteiger partial charge in [0.2, 0.25) is 5.91 Å². The first kappa shape index (κ1) is 21.7. The Morgan fingerprint density at radius 1 is 1.03 bits per heavy atom. The van der Waals surface area contributed by atoms with Crippen molar-refractivity contribution in [3.8, 4) is 5.75 Å². The third-order valence-electron chi connectivity index (χ3n) is 5.17. The monoisotopic (exact) mass is 445 g/mol. The maximum atomic E-state index is 12.1. The van der Waals surface area contributed by atoms with E-state index in [1.165, 1.54) is 6.08 Å². The normalized spacial score (nSPS) is 14.7. The van der Waals surface area contributed by atoms with Gasteiger partial charge in [-0.25, -0.2) is 4.79 Å². The van der Waals surface area contributed by atoms with E-state index in [2.05, 4.69) is 11.4 Å². The minimum atomic E-state index is -0.966. The van der Waals surface area contributed by atoms with Gasteiger partial charge >= 0.3 is 5.97 Å². The topological polar surface area (TPSA) is 75.6 Å². The molecule has 1 aliphatic heterocycles. The highest BCUT2D eigenvalue weighted by Gasteiger charge is 2.26. The molecule has 1 aliphatic rings. The van der Waals surface area contributed by atoms with Crippen molar-refractivity contribution in [2.75, 3.05) is 12.3 Å². The fraction of sp³-hybridized carbons (Fsp3) is 0.154. The second-order valence-corrected chi connectivity index (χ2v) is 8.54. The number of fused-ring (bicyclic) bond motifs is 2. The fourth-order valence-electron chi connectivity index (χ4n) is 3.59. The SMILES string of the molecule is O=C(C=Cc1ccccc1)NCCSC1c2ccccc2COc2ccc(C(=O)O)cc21. The van der Waals surface area contributed by atoms with Crippen molar-refractivity contribution in [2.24, 2.45) is 0 Å². The molecule has 1 heterocycles. The summed E-state index contributed by atoms with van der Waals surface area (Å²) in [4.78, 5) is 23.7. The zero-order valence-corrected chi connectivity index (χ0v) is 18.2. The molecule has 2 N–H and O–H groups in total. The summed E-state index contributed by atoms with van der Waals surface area (Å²) in [5, 5.41) is 12.3. The fourth-order valence-corrected chi connectivity index (χ4v) is 4.82. The molecular weight excluding hydrogens is 422 g/mol. The lowest BCUT2D eigenvalue weighted by molar-refractivity contribution is -0.116. The number of aromatic carboxylic acids is 1. The van der Waals surface area contributed by atoms with Gasteiger partial charge in [-0.2, -0.15) is 0 Å². The van der Waals surface area contributed by atoms with Crippen LogP contribution in [-0.2, 0) is 11.4 Å². The third-order valence-corrected chi connectivity index (χ3v) is 6.45. The second-order valence-electron chi connectivity index (χ2n) is 7.33. The van der Waals surface area contributed by atoms with Crippen LogP contribution in [0.3, 0.4) is 0 Å². The predicted octanol–water partition coefficient (Wildman–Crippen LogP) is 4.93. The molecule has 3 aromatic carbocycles. The smallest absolute Gasteiger partial charge is 0.335 e. The Morgan fingerprint density at radius 3 is 2.62 bits per heavy atom. The molecule has 0 aliphatic carbocycles. The van der Waals surface area contributed by atoms with Gasteiger partial charge < -0.3 is 15.2 Å². The Labute approximate surface area is 191 Å². The molecule has 1 atom stereocenters. The number of nitrogens with one attached hydrogen (secondary N) is 1. The molecule has 0 radical (unpaired) electrons. The average molecular weight is 446 g/mol. The van der Waals surface area contributed by atoms with Crippen LogP contribution >= 0.6 is 11.8 Å². The molecule has 0 saturated heterocycles. The van der Waals surface area contributed by atoms with E-state index in [1.807, 2.05) is 48.5 Å². The number of carbonyl (C=O) groups excluding carboxylic acids is 1. The van der Waals surface area contributed by atoms with Crippen LogP contribution in [0, 0.1) is 0 Å². The quantitative estimate of drug-likeness (QED) is 0.398. The van der Waals surface area contributed by atoms with Crippen LogP contribution in [0.1, 0.15) is 37.9 Å². The Hall–Kier alpha value is -3.51. The number of benzene rings is 3. The van der Waals surface area contributed by atoms with Crippen molar-refractivity contribution in [2.45, 2.75) is 11.9 Å². The number of ether oxygens (including phenoxy) is 1. The number of amides is 1. The summed E-state index contributed by atoms with van der Waals surface area (Å²) in [5.41, 5.74) is 4.23. The predicted molar refractivity (Wildman–Crippen MR) is 127 cm³/mol. The number of carbonyl (C=O) groups is 2. The van der Waals surface area contributed by atoms with E-state index in [-0.39, 0.29) is 16.7 Å².